The van der Waals surface area contributed by atoms with Crippen LogP contribution in [-0.4, -0.2) is 35.5 Å². The van der Waals surface area contributed by atoms with E-state index in [-0.39, 0.29) is 29.6 Å². The van der Waals surface area contributed by atoms with Crippen molar-refractivity contribution in [3.8, 4) is 5.75 Å². The molecule has 1 saturated heterocycles. The normalized spacial score (nSPS) is 21.3. The second kappa shape index (κ2) is 6.38. The highest BCUT2D eigenvalue weighted by molar-refractivity contribution is 5.94. The van der Waals surface area contributed by atoms with Gasteiger partial charge in [0, 0.05) is 12.1 Å². The van der Waals surface area contributed by atoms with Crippen molar-refractivity contribution in [2.24, 2.45) is 0 Å². The summed E-state index contributed by atoms with van der Waals surface area (Å²) in [5.74, 6) is -0.417. The number of nitrogens with zero attached hydrogens (tertiary/aromatic N) is 1. The lowest BCUT2D eigenvalue weighted by Gasteiger charge is -2.26. The van der Waals surface area contributed by atoms with Crippen LogP contribution in [0.5, 0.6) is 5.75 Å². The summed E-state index contributed by atoms with van der Waals surface area (Å²) in [5, 5.41) is 12.5. The van der Waals surface area contributed by atoms with Gasteiger partial charge < -0.3 is 10.4 Å². The molecule has 0 saturated carbocycles. The van der Waals surface area contributed by atoms with E-state index in [0.29, 0.717) is 5.56 Å². The fraction of sp³-hybridized carbons (Fsp3) is 0.278. The lowest BCUT2D eigenvalue weighted by molar-refractivity contribution is 0.0927. The number of carbonyl (C=O) groups is 1. The maximum atomic E-state index is 13.1. The lowest BCUT2D eigenvalue weighted by atomic mass is 9.99. The second-order valence-corrected chi connectivity index (χ2v) is 5.90. The molecule has 0 radical (unpaired) electrons. The SMILES string of the molecule is CN1CCC(NC(=O)c2cccc(O)c2)C1c1ccc(F)cc1. The van der Waals surface area contributed by atoms with Crippen LogP contribution in [0.25, 0.3) is 0 Å². The van der Waals surface area contributed by atoms with E-state index in [0.717, 1.165) is 18.5 Å². The third-order valence-electron chi connectivity index (χ3n) is 4.29. The van der Waals surface area contributed by atoms with Crippen molar-refractivity contribution >= 4 is 5.91 Å². The maximum absolute atomic E-state index is 13.1. The number of benzene rings is 2. The molecular weight excluding hydrogens is 295 g/mol. The van der Waals surface area contributed by atoms with Crippen LogP contribution < -0.4 is 5.32 Å². The zero-order valence-electron chi connectivity index (χ0n) is 12.9. The zero-order chi connectivity index (χ0) is 16.4. The van der Waals surface area contributed by atoms with Gasteiger partial charge in [-0.3, -0.25) is 9.69 Å². The van der Waals surface area contributed by atoms with Crippen LogP contribution in [0.4, 0.5) is 4.39 Å². The van der Waals surface area contributed by atoms with Gasteiger partial charge >= 0.3 is 0 Å². The number of likely N-dealkylation sites (tertiary alicyclic amines) is 1. The monoisotopic (exact) mass is 314 g/mol. The molecule has 1 fully saturated rings. The van der Waals surface area contributed by atoms with Crippen LogP contribution in [0.3, 0.4) is 0 Å². The van der Waals surface area contributed by atoms with Crippen molar-refractivity contribution in [2.75, 3.05) is 13.6 Å². The van der Waals surface area contributed by atoms with Gasteiger partial charge in [0.25, 0.3) is 5.91 Å². The minimum absolute atomic E-state index is 0.0110. The van der Waals surface area contributed by atoms with Crippen LogP contribution in [0.15, 0.2) is 48.5 Å². The largest absolute Gasteiger partial charge is 0.508 e. The summed E-state index contributed by atoms with van der Waals surface area (Å²) >= 11 is 0. The number of amides is 1. The molecule has 3 rings (SSSR count). The summed E-state index contributed by atoms with van der Waals surface area (Å²) in [4.78, 5) is 14.5. The molecule has 2 aromatic rings. The van der Waals surface area contributed by atoms with E-state index >= 15 is 0 Å². The predicted molar refractivity (Wildman–Crippen MR) is 85.7 cm³/mol. The van der Waals surface area contributed by atoms with Crippen molar-refractivity contribution in [1.82, 2.24) is 10.2 Å². The number of hydrogen-bond donors (Lipinski definition) is 2. The van der Waals surface area contributed by atoms with Gasteiger partial charge in [-0.15, -0.1) is 0 Å². The third kappa shape index (κ3) is 3.35. The Morgan fingerprint density at radius 2 is 2.00 bits per heavy atom. The van der Waals surface area contributed by atoms with Gasteiger partial charge in [0.15, 0.2) is 0 Å². The highest BCUT2D eigenvalue weighted by Crippen LogP contribution is 2.31. The van der Waals surface area contributed by atoms with E-state index in [9.17, 15) is 14.3 Å². The Hall–Kier alpha value is -2.40. The molecule has 1 aliphatic rings. The molecule has 5 heteroatoms. The van der Waals surface area contributed by atoms with E-state index in [2.05, 4.69) is 10.2 Å². The van der Waals surface area contributed by atoms with Gasteiger partial charge in [-0.25, -0.2) is 4.39 Å². The number of likely N-dealkylation sites (N-methyl/N-ethyl adjacent to an activating group) is 1. The summed E-state index contributed by atoms with van der Waals surface area (Å²) in [6, 6.07) is 12.6. The highest BCUT2D eigenvalue weighted by atomic mass is 19.1. The molecule has 1 amide bonds. The van der Waals surface area contributed by atoms with Crippen molar-refractivity contribution in [3.63, 3.8) is 0 Å². The first-order valence-electron chi connectivity index (χ1n) is 7.60. The molecule has 120 valence electrons. The van der Waals surface area contributed by atoms with Gasteiger partial charge in [-0.2, -0.15) is 0 Å². The quantitative estimate of drug-likeness (QED) is 0.916. The van der Waals surface area contributed by atoms with Crippen LogP contribution in [0, 0.1) is 5.82 Å². The first kappa shape index (κ1) is 15.5. The topological polar surface area (TPSA) is 52.6 Å². The van der Waals surface area contributed by atoms with Crippen molar-refractivity contribution in [1.29, 1.82) is 0 Å². The first-order valence-corrected chi connectivity index (χ1v) is 7.60. The number of nitrogens with one attached hydrogen (secondary N) is 1. The van der Waals surface area contributed by atoms with Crippen LogP contribution >= 0.6 is 0 Å². The van der Waals surface area contributed by atoms with Crippen LogP contribution in [0.1, 0.15) is 28.4 Å². The lowest BCUT2D eigenvalue weighted by Crippen LogP contribution is -2.38. The molecule has 1 heterocycles. The Kier molecular flexibility index (Phi) is 4.30. The Balaban J connectivity index is 1.78. The van der Waals surface area contributed by atoms with E-state index in [4.69, 9.17) is 0 Å². The van der Waals surface area contributed by atoms with Crippen LogP contribution in [0.2, 0.25) is 0 Å². The molecule has 0 bridgehead atoms. The van der Waals surface area contributed by atoms with E-state index < -0.39 is 0 Å². The zero-order valence-corrected chi connectivity index (χ0v) is 12.9. The average Bonchev–Trinajstić information content (AvgIpc) is 2.89. The van der Waals surface area contributed by atoms with Gasteiger partial charge in [-0.1, -0.05) is 18.2 Å². The fourth-order valence-corrected chi connectivity index (χ4v) is 3.14. The van der Waals surface area contributed by atoms with E-state index in [1.165, 1.54) is 24.3 Å². The Morgan fingerprint density at radius 3 is 2.70 bits per heavy atom. The average molecular weight is 314 g/mol. The molecule has 2 N–H and O–H groups in total. The van der Waals surface area contributed by atoms with Crippen molar-refractivity contribution in [2.45, 2.75) is 18.5 Å². The number of rotatable bonds is 3. The summed E-state index contributed by atoms with van der Waals surface area (Å²) in [6.45, 7) is 0.854. The second-order valence-electron chi connectivity index (χ2n) is 5.90. The predicted octanol–water partition coefficient (Wildman–Crippen LogP) is 2.71. The summed E-state index contributed by atoms with van der Waals surface area (Å²) < 4.78 is 13.1. The number of phenolic OH excluding ortho intramolecular Hbond substituents is 1. The van der Waals surface area contributed by atoms with Gasteiger partial charge in [-0.05, 0) is 49.4 Å². The Bertz CT molecular complexity index is 702. The smallest absolute Gasteiger partial charge is 0.251 e. The molecule has 2 atom stereocenters. The molecule has 2 unspecified atom stereocenters. The van der Waals surface area contributed by atoms with E-state index in [1.54, 1.807) is 24.3 Å². The molecule has 0 aliphatic carbocycles. The fourth-order valence-electron chi connectivity index (χ4n) is 3.14. The third-order valence-corrected chi connectivity index (χ3v) is 4.29. The molecule has 0 spiro atoms. The Morgan fingerprint density at radius 1 is 1.26 bits per heavy atom. The molecule has 2 aromatic carbocycles. The van der Waals surface area contributed by atoms with Gasteiger partial charge in [0.1, 0.15) is 11.6 Å². The first-order chi connectivity index (χ1) is 11.0. The number of halogens is 1. The molecule has 23 heavy (non-hydrogen) atoms. The summed E-state index contributed by atoms with van der Waals surface area (Å²) in [5.41, 5.74) is 1.41. The Labute approximate surface area is 134 Å². The number of carbonyl (C=O) groups excluding carboxylic acids is 1. The number of phenols is 1. The van der Waals surface area contributed by atoms with Crippen molar-refractivity contribution in [3.05, 3.63) is 65.5 Å². The minimum Gasteiger partial charge on any atom is -0.508 e. The standard InChI is InChI=1S/C18H19FN2O2/c1-21-10-9-16(17(21)12-5-7-14(19)8-6-12)20-18(23)13-3-2-4-15(22)11-13/h2-8,11,16-17,22H,9-10H2,1H3,(H,20,23). The van der Waals surface area contributed by atoms with Crippen LogP contribution in [-0.2, 0) is 0 Å². The molecular formula is C18H19FN2O2. The van der Waals surface area contributed by atoms with E-state index in [1.807, 2.05) is 7.05 Å². The minimum atomic E-state index is -0.269. The number of aromatic hydroxyl groups is 1. The van der Waals surface area contributed by atoms with Gasteiger partial charge in [0.05, 0.1) is 12.1 Å². The van der Waals surface area contributed by atoms with Gasteiger partial charge in [0.2, 0.25) is 0 Å². The molecule has 0 aromatic heterocycles. The maximum Gasteiger partial charge on any atom is 0.251 e. The summed E-state index contributed by atoms with van der Waals surface area (Å²) in [6.07, 6.45) is 0.823. The highest BCUT2D eigenvalue weighted by Gasteiger charge is 2.34. The van der Waals surface area contributed by atoms with Crippen molar-refractivity contribution < 1.29 is 14.3 Å². The number of hydrogen-bond acceptors (Lipinski definition) is 3. The summed E-state index contributed by atoms with van der Waals surface area (Å²) in [7, 11) is 1.99. The molecule has 1 aliphatic heterocycles. The molecule has 4 nitrogen and oxygen atoms in total.